The first-order chi connectivity index (χ1) is 10.1. The molecule has 1 aromatic carbocycles. The summed E-state index contributed by atoms with van der Waals surface area (Å²) in [7, 11) is 0. The Kier molecular flexibility index (Phi) is 4.19. The van der Waals surface area contributed by atoms with Crippen LogP contribution in [0.3, 0.4) is 0 Å². The van der Waals surface area contributed by atoms with Crippen LogP contribution >= 0.6 is 0 Å². The van der Waals surface area contributed by atoms with Crippen molar-refractivity contribution in [3.63, 3.8) is 0 Å². The smallest absolute Gasteiger partial charge is 0.352 e. The second-order valence-corrected chi connectivity index (χ2v) is 7.17. The molecule has 0 unspecified atom stereocenters. The van der Waals surface area contributed by atoms with Crippen LogP contribution in [0.25, 0.3) is 0 Å². The third-order valence-electron chi connectivity index (χ3n) is 4.15. The van der Waals surface area contributed by atoms with E-state index in [-0.39, 0.29) is 5.41 Å². The molecule has 118 valence electrons. The van der Waals surface area contributed by atoms with Gasteiger partial charge in [0.1, 0.15) is 5.69 Å². The number of carboxylic acids is 1. The van der Waals surface area contributed by atoms with Gasteiger partial charge in [-0.2, -0.15) is 0 Å². The van der Waals surface area contributed by atoms with E-state index in [4.69, 9.17) is 0 Å². The summed E-state index contributed by atoms with van der Waals surface area (Å²) < 4.78 is 1.85. The Balaban J connectivity index is 2.50. The molecule has 3 heteroatoms. The van der Waals surface area contributed by atoms with Crippen LogP contribution in [-0.4, -0.2) is 15.6 Å². The summed E-state index contributed by atoms with van der Waals surface area (Å²) >= 11 is 0. The van der Waals surface area contributed by atoms with Crippen molar-refractivity contribution in [1.82, 2.24) is 4.57 Å². The maximum absolute atomic E-state index is 11.6. The fourth-order valence-corrected chi connectivity index (χ4v) is 2.86. The molecule has 1 aromatic heterocycles. The third-order valence-corrected chi connectivity index (χ3v) is 4.15. The first kappa shape index (κ1) is 16.3. The lowest BCUT2D eigenvalue weighted by atomic mass is 9.89. The van der Waals surface area contributed by atoms with Crippen molar-refractivity contribution in [2.45, 2.75) is 53.5 Å². The van der Waals surface area contributed by atoms with Gasteiger partial charge in [-0.05, 0) is 54.5 Å². The van der Waals surface area contributed by atoms with Gasteiger partial charge in [0.25, 0.3) is 0 Å². The van der Waals surface area contributed by atoms with Crippen molar-refractivity contribution in [2.75, 3.05) is 0 Å². The van der Waals surface area contributed by atoms with Gasteiger partial charge >= 0.3 is 5.97 Å². The molecule has 0 bridgehead atoms. The van der Waals surface area contributed by atoms with Crippen LogP contribution in [-0.2, 0) is 12.0 Å². The standard InChI is InChI=1S/C19H25NO2/c1-12-7-13(2)16(14(3)8-12)11-20-10-15(19(4,5)6)9-17(20)18(21)22/h7-10H,11H2,1-6H3,(H,21,22). The Morgan fingerprint density at radius 1 is 1.09 bits per heavy atom. The van der Waals surface area contributed by atoms with Crippen LogP contribution in [0.5, 0.6) is 0 Å². The molecular weight excluding hydrogens is 274 g/mol. The predicted octanol–water partition coefficient (Wildman–Crippen LogP) is 4.46. The summed E-state index contributed by atoms with van der Waals surface area (Å²) in [5, 5.41) is 9.48. The van der Waals surface area contributed by atoms with Gasteiger partial charge < -0.3 is 9.67 Å². The van der Waals surface area contributed by atoms with Crippen LogP contribution in [0.4, 0.5) is 0 Å². The average Bonchev–Trinajstić information content (AvgIpc) is 2.77. The summed E-state index contributed by atoms with van der Waals surface area (Å²) in [4.78, 5) is 11.6. The third kappa shape index (κ3) is 3.24. The van der Waals surface area contributed by atoms with Crippen LogP contribution in [0.1, 0.15) is 59.1 Å². The molecule has 0 radical (unpaired) electrons. The number of aromatic nitrogens is 1. The van der Waals surface area contributed by atoms with E-state index in [1.807, 2.05) is 10.8 Å². The molecule has 0 aliphatic carbocycles. The summed E-state index contributed by atoms with van der Waals surface area (Å²) in [5.74, 6) is -0.877. The molecule has 0 amide bonds. The Labute approximate surface area is 132 Å². The average molecular weight is 299 g/mol. The summed E-state index contributed by atoms with van der Waals surface area (Å²) in [6.45, 7) is 13.1. The van der Waals surface area contributed by atoms with Gasteiger partial charge in [-0.3, -0.25) is 0 Å². The lowest BCUT2D eigenvalue weighted by molar-refractivity contribution is 0.0685. The van der Waals surface area contributed by atoms with E-state index >= 15 is 0 Å². The minimum atomic E-state index is -0.877. The number of hydrogen-bond donors (Lipinski definition) is 1. The number of aromatic carboxylic acids is 1. The molecule has 2 rings (SSSR count). The van der Waals surface area contributed by atoms with E-state index in [0.29, 0.717) is 12.2 Å². The van der Waals surface area contributed by atoms with Crippen molar-refractivity contribution >= 4 is 5.97 Å². The van der Waals surface area contributed by atoms with Gasteiger partial charge in [0.15, 0.2) is 0 Å². The van der Waals surface area contributed by atoms with E-state index in [1.165, 1.54) is 22.3 Å². The summed E-state index contributed by atoms with van der Waals surface area (Å²) in [5.41, 5.74) is 6.19. The highest BCUT2D eigenvalue weighted by Crippen LogP contribution is 2.26. The van der Waals surface area contributed by atoms with Crippen molar-refractivity contribution in [1.29, 1.82) is 0 Å². The molecule has 1 N–H and O–H groups in total. The molecule has 0 fully saturated rings. The zero-order valence-corrected chi connectivity index (χ0v) is 14.3. The Morgan fingerprint density at radius 3 is 2.09 bits per heavy atom. The number of carboxylic acid groups (broad SMARTS) is 1. The zero-order valence-electron chi connectivity index (χ0n) is 14.3. The first-order valence-corrected chi connectivity index (χ1v) is 7.60. The number of aryl methyl sites for hydroxylation is 3. The van der Waals surface area contributed by atoms with E-state index in [9.17, 15) is 9.90 Å². The van der Waals surface area contributed by atoms with E-state index in [2.05, 4.69) is 53.7 Å². The summed E-state index contributed by atoms with van der Waals surface area (Å²) in [6.07, 6.45) is 1.97. The van der Waals surface area contributed by atoms with Gasteiger partial charge in [0.05, 0.1) is 0 Å². The van der Waals surface area contributed by atoms with E-state index in [1.54, 1.807) is 6.07 Å². The molecule has 0 aliphatic heterocycles. The zero-order chi connectivity index (χ0) is 16.7. The molecule has 0 saturated carbocycles. The van der Waals surface area contributed by atoms with Crippen LogP contribution < -0.4 is 0 Å². The molecule has 22 heavy (non-hydrogen) atoms. The minimum Gasteiger partial charge on any atom is -0.477 e. The normalized spacial score (nSPS) is 11.7. The number of hydrogen-bond acceptors (Lipinski definition) is 1. The Morgan fingerprint density at radius 2 is 1.64 bits per heavy atom. The Bertz CT molecular complexity index is 695. The van der Waals surface area contributed by atoms with Gasteiger partial charge in [-0.25, -0.2) is 4.79 Å². The monoisotopic (exact) mass is 299 g/mol. The molecule has 0 aliphatic rings. The first-order valence-electron chi connectivity index (χ1n) is 7.60. The molecule has 1 heterocycles. The number of benzene rings is 1. The topological polar surface area (TPSA) is 42.2 Å². The fourth-order valence-electron chi connectivity index (χ4n) is 2.86. The fraction of sp³-hybridized carbons (Fsp3) is 0.421. The lowest BCUT2D eigenvalue weighted by Gasteiger charge is -2.16. The second-order valence-electron chi connectivity index (χ2n) is 7.17. The van der Waals surface area contributed by atoms with Gasteiger partial charge in [-0.15, -0.1) is 0 Å². The molecule has 0 saturated heterocycles. The van der Waals surface area contributed by atoms with Crippen molar-refractivity contribution in [2.24, 2.45) is 0 Å². The molecule has 0 atom stereocenters. The highest BCUT2D eigenvalue weighted by molar-refractivity contribution is 5.86. The van der Waals surface area contributed by atoms with E-state index in [0.717, 1.165) is 5.56 Å². The highest BCUT2D eigenvalue weighted by Gasteiger charge is 2.21. The maximum atomic E-state index is 11.6. The van der Waals surface area contributed by atoms with Gasteiger partial charge in [0, 0.05) is 12.7 Å². The van der Waals surface area contributed by atoms with Crippen molar-refractivity contribution in [3.8, 4) is 0 Å². The van der Waals surface area contributed by atoms with Crippen LogP contribution in [0.2, 0.25) is 0 Å². The highest BCUT2D eigenvalue weighted by atomic mass is 16.4. The van der Waals surface area contributed by atoms with Crippen LogP contribution in [0, 0.1) is 20.8 Å². The van der Waals surface area contributed by atoms with Crippen LogP contribution in [0.15, 0.2) is 24.4 Å². The predicted molar refractivity (Wildman–Crippen MR) is 89.8 cm³/mol. The SMILES string of the molecule is Cc1cc(C)c(Cn2cc(C(C)(C)C)cc2C(=O)O)c(C)c1. The lowest BCUT2D eigenvalue weighted by Crippen LogP contribution is -2.11. The quantitative estimate of drug-likeness (QED) is 0.909. The largest absolute Gasteiger partial charge is 0.477 e. The van der Waals surface area contributed by atoms with Crippen molar-refractivity contribution < 1.29 is 9.90 Å². The number of nitrogens with zero attached hydrogens (tertiary/aromatic N) is 1. The second kappa shape index (κ2) is 5.64. The number of carbonyl (C=O) groups is 1. The van der Waals surface area contributed by atoms with Gasteiger partial charge in [-0.1, -0.05) is 38.5 Å². The minimum absolute atomic E-state index is 0.0627. The maximum Gasteiger partial charge on any atom is 0.352 e. The molecule has 0 spiro atoms. The molecule has 3 nitrogen and oxygen atoms in total. The van der Waals surface area contributed by atoms with Gasteiger partial charge in [0.2, 0.25) is 0 Å². The summed E-state index contributed by atoms with van der Waals surface area (Å²) in [6, 6.07) is 6.09. The molecular formula is C19H25NO2. The van der Waals surface area contributed by atoms with E-state index < -0.39 is 5.97 Å². The Hall–Kier alpha value is -2.03. The molecule has 2 aromatic rings. The van der Waals surface area contributed by atoms with Crippen molar-refractivity contribution in [3.05, 3.63) is 57.9 Å². The number of rotatable bonds is 3.